The highest BCUT2D eigenvalue weighted by molar-refractivity contribution is 5.76. The van der Waals surface area contributed by atoms with Crippen LogP contribution in [0.1, 0.15) is 5.56 Å². The molecule has 2 rings (SSSR count). The Morgan fingerprint density at radius 2 is 2.22 bits per heavy atom. The van der Waals surface area contributed by atoms with E-state index in [1.165, 1.54) is 0 Å². The predicted octanol–water partition coefficient (Wildman–Crippen LogP) is 1.92. The minimum atomic E-state index is -0.493. The van der Waals surface area contributed by atoms with Crippen LogP contribution in [0.15, 0.2) is 42.7 Å². The molecule has 0 aliphatic heterocycles. The van der Waals surface area contributed by atoms with Gasteiger partial charge in [0.25, 0.3) is 5.91 Å². The molecule has 0 fully saturated rings. The van der Waals surface area contributed by atoms with Gasteiger partial charge in [0.05, 0.1) is 0 Å². The van der Waals surface area contributed by atoms with E-state index < -0.39 is 5.91 Å². The molecule has 0 aliphatic carbocycles. The summed E-state index contributed by atoms with van der Waals surface area (Å²) < 4.78 is 5.41. The second-order valence-corrected chi connectivity index (χ2v) is 4.00. The highest BCUT2D eigenvalue weighted by Crippen LogP contribution is 2.30. The third kappa shape index (κ3) is 2.85. The van der Waals surface area contributed by atoms with Crippen LogP contribution in [0.2, 0.25) is 0 Å². The Morgan fingerprint density at radius 3 is 2.89 bits per heavy atom. The van der Waals surface area contributed by atoms with Crippen molar-refractivity contribution in [2.24, 2.45) is 5.73 Å². The third-order valence-electron chi connectivity index (χ3n) is 2.48. The molecule has 0 aliphatic rings. The van der Waals surface area contributed by atoms with E-state index in [2.05, 4.69) is 4.98 Å². The normalized spacial score (nSPS) is 10.1. The molecule has 2 N–H and O–H groups in total. The van der Waals surface area contributed by atoms with Gasteiger partial charge in [0, 0.05) is 23.5 Å². The van der Waals surface area contributed by atoms with Gasteiger partial charge < -0.3 is 10.5 Å². The Kier molecular flexibility index (Phi) is 3.57. The molecule has 0 saturated heterocycles. The zero-order valence-electron chi connectivity index (χ0n) is 10.1. The molecule has 1 aromatic carbocycles. The van der Waals surface area contributed by atoms with Crippen molar-refractivity contribution in [2.45, 2.75) is 6.92 Å². The average Bonchev–Trinajstić information content (AvgIpc) is 2.38. The van der Waals surface area contributed by atoms with Crippen molar-refractivity contribution in [1.82, 2.24) is 4.98 Å². The Labute approximate surface area is 105 Å². The third-order valence-corrected chi connectivity index (χ3v) is 2.48. The van der Waals surface area contributed by atoms with E-state index in [0.29, 0.717) is 5.75 Å². The maximum atomic E-state index is 10.8. The van der Waals surface area contributed by atoms with Crippen molar-refractivity contribution >= 4 is 5.91 Å². The van der Waals surface area contributed by atoms with E-state index in [1.807, 2.05) is 37.3 Å². The number of carbonyl (C=O) groups is 1. The Hall–Kier alpha value is -2.36. The number of rotatable bonds is 4. The fraction of sp³-hybridized carbons (Fsp3) is 0.143. The number of hydrogen-bond donors (Lipinski definition) is 1. The summed E-state index contributed by atoms with van der Waals surface area (Å²) in [7, 11) is 0. The SMILES string of the molecule is Cc1ccc(OCC(N)=O)c(-c2cccnc2)c1. The first kappa shape index (κ1) is 12.1. The molecule has 0 saturated carbocycles. The van der Waals surface area contributed by atoms with Crippen LogP contribution < -0.4 is 10.5 Å². The summed E-state index contributed by atoms with van der Waals surface area (Å²) in [5.41, 5.74) is 8.05. The Morgan fingerprint density at radius 1 is 1.39 bits per heavy atom. The van der Waals surface area contributed by atoms with Crippen molar-refractivity contribution in [1.29, 1.82) is 0 Å². The standard InChI is InChI=1S/C14H14N2O2/c1-10-4-5-13(18-9-14(15)17)12(7-10)11-3-2-6-16-8-11/h2-8H,9H2,1H3,(H2,15,17). The van der Waals surface area contributed by atoms with E-state index in [1.54, 1.807) is 12.4 Å². The molecule has 4 nitrogen and oxygen atoms in total. The second-order valence-electron chi connectivity index (χ2n) is 4.00. The highest BCUT2D eigenvalue weighted by atomic mass is 16.5. The molecule has 1 aromatic heterocycles. The molecule has 0 unspecified atom stereocenters. The van der Waals surface area contributed by atoms with Crippen LogP contribution in [0, 0.1) is 6.92 Å². The monoisotopic (exact) mass is 242 g/mol. The Bertz CT molecular complexity index is 553. The van der Waals surface area contributed by atoms with Crippen LogP contribution in [0.3, 0.4) is 0 Å². The number of nitrogens with two attached hydrogens (primary N) is 1. The van der Waals surface area contributed by atoms with Crippen LogP contribution in [0.25, 0.3) is 11.1 Å². The Balaban J connectivity index is 2.38. The number of hydrogen-bond acceptors (Lipinski definition) is 3. The molecule has 2 aromatic rings. The zero-order chi connectivity index (χ0) is 13.0. The number of ether oxygens (including phenoxy) is 1. The maximum absolute atomic E-state index is 10.8. The topological polar surface area (TPSA) is 65.2 Å². The first-order valence-electron chi connectivity index (χ1n) is 5.59. The lowest BCUT2D eigenvalue weighted by atomic mass is 10.0. The predicted molar refractivity (Wildman–Crippen MR) is 69.1 cm³/mol. The van der Waals surface area contributed by atoms with Gasteiger partial charge in [-0.2, -0.15) is 0 Å². The van der Waals surface area contributed by atoms with Gasteiger partial charge in [-0.1, -0.05) is 17.7 Å². The van der Waals surface area contributed by atoms with Gasteiger partial charge in [0.15, 0.2) is 6.61 Å². The summed E-state index contributed by atoms with van der Waals surface area (Å²) in [6.07, 6.45) is 3.47. The lowest BCUT2D eigenvalue weighted by Crippen LogP contribution is -2.20. The van der Waals surface area contributed by atoms with Gasteiger partial charge in [0.1, 0.15) is 5.75 Å². The van der Waals surface area contributed by atoms with Gasteiger partial charge in [-0.25, -0.2) is 0 Å². The minimum Gasteiger partial charge on any atom is -0.483 e. The summed E-state index contributed by atoms with van der Waals surface area (Å²) in [5, 5.41) is 0. The summed E-state index contributed by atoms with van der Waals surface area (Å²) in [5.74, 6) is 0.139. The number of nitrogens with zero attached hydrogens (tertiary/aromatic N) is 1. The molecule has 0 spiro atoms. The summed E-state index contributed by atoms with van der Waals surface area (Å²) >= 11 is 0. The molecule has 92 valence electrons. The molecule has 1 heterocycles. The number of amides is 1. The van der Waals surface area contributed by atoms with Gasteiger partial charge in [-0.05, 0) is 25.1 Å². The molecular weight excluding hydrogens is 228 g/mol. The number of carbonyl (C=O) groups excluding carboxylic acids is 1. The smallest absolute Gasteiger partial charge is 0.255 e. The highest BCUT2D eigenvalue weighted by Gasteiger charge is 2.08. The fourth-order valence-electron chi connectivity index (χ4n) is 1.67. The number of benzene rings is 1. The summed E-state index contributed by atoms with van der Waals surface area (Å²) in [6.45, 7) is 1.87. The van der Waals surface area contributed by atoms with E-state index in [4.69, 9.17) is 10.5 Å². The van der Waals surface area contributed by atoms with Gasteiger partial charge >= 0.3 is 0 Å². The van der Waals surface area contributed by atoms with E-state index in [0.717, 1.165) is 16.7 Å². The van der Waals surface area contributed by atoms with Gasteiger partial charge in [-0.15, -0.1) is 0 Å². The maximum Gasteiger partial charge on any atom is 0.255 e. The van der Waals surface area contributed by atoms with Crippen LogP contribution in [0.5, 0.6) is 5.75 Å². The van der Waals surface area contributed by atoms with Crippen LogP contribution in [0.4, 0.5) is 0 Å². The number of aromatic nitrogens is 1. The van der Waals surface area contributed by atoms with E-state index in [-0.39, 0.29) is 6.61 Å². The quantitative estimate of drug-likeness (QED) is 0.890. The van der Waals surface area contributed by atoms with Crippen molar-refractivity contribution < 1.29 is 9.53 Å². The molecular formula is C14H14N2O2. The largest absolute Gasteiger partial charge is 0.483 e. The molecule has 0 atom stereocenters. The fourth-order valence-corrected chi connectivity index (χ4v) is 1.67. The van der Waals surface area contributed by atoms with E-state index >= 15 is 0 Å². The van der Waals surface area contributed by atoms with Gasteiger partial charge in [-0.3, -0.25) is 9.78 Å². The van der Waals surface area contributed by atoms with Gasteiger partial charge in [0.2, 0.25) is 0 Å². The van der Waals surface area contributed by atoms with E-state index in [9.17, 15) is 4.79 Å². The van der Waals surface area contributed by atoms with Crippen molar-refractivity contribution in [3.8, 4) is 16.9 Å². The lowest BCUT2D eigenvalue weighted by Gasteiger charge is -2.11. The van der Waals surface area contributed by atoms with Crippen molar-refractivity contribution in [3.05, 3.63) is 48.3 Å². The van der Waals surface area contributed by atoms with Crippen molar-refractivity contribution in [2.75, 3.05) is 6.61 Å². The average molecular weight is 242 g/mol. The lowest BCUT2D eigenvalue weighted by molar-refractivity contribution is -0.119. The zero-order valence-corrected chi connectivity index (χ0v) is 10.1. The van der Waals surface area contributed by atoms with Crippen LogP contribution in [-0.4, -0.2) is 17.5 Å². The summed E-state index contributed by atoms with van der Waals surface area (Å²) in [4.78, 5) is 14.9. The molecule has 0 radical (unpaired) electrons. The van der Waals surface area contributed by atoms with Crippen molar-refractivity contribution in [3.63, 3.8) is 0 Å². The number of pyridine rings is 1. The molecule has 4 heteroatoms. The number of aryl methyl sites for hydroxylation is 1. The first-order valence-corrected chi connectivity index (χ1v) is 5.59. The van der Waals surface area contributed by atoms with Crippen LogP contribution >= 0.6 is 0 Å². The first-order chi connectivity index (χ1) is 8.66. The second kappa shape index (κ2) is 5.31. The summed E-state index contributed by atoms with van der Waals surface area (Å²) in [6, 6.07) is 9.55. The number of primary amides is 1. The molecule has 1 amide bonds. The molecule has 0 bridgehead atoms. The minimum absolute atomic E-state index is 0.129. The van der Waals surface area contributed by atoms with Crippen LogP contribution in [-0.2, 0) is 4.79 Å². The molecule has 18 heavy (non-hydrogen) atoms.